The quantitative estimate of drug-likeness (QED) is 0.321. The lowest BCUT2D eigenvalue weighted by atomic mass is 9.77. The number of cyclic esters (lactones) is 1. The van der Waals surface area contributed by atoms with E-state index in [2.05, 4.69) is 4.90 Å². The fourth-order valence-corrected chi connectivity index (χ4v) is 9.39. The van der Waals surface area contributed by atoms with Gasteiger partial charge >= 0.3 is 12.1 Å². The molecule has 4 aliphatic heterocycles. The van der Waals surface area contributed by atoms with E-state index >= 15 is 0 Å². The van der Waals surface area contributed by atoms with Gasteiger partial charge in [0.25, 0.3) is 0 Å². The normalized spacial score (nSPS) is 49.0. The third kappa shape index (κ3) is 9.37. The second-order valence-corrected chi connectivity index (χ2v) is 17.6. The molecule has 314 valence electrons. The fraction of sp³-hybridized carbons (Fsp3) is 0.949. The number of ether oxygens (including phenoxy) is 8. The van der Waals surface area contributed by atoms with Gasteiger partial charge in [-0.05, 0) is 94.8 Å². The molecule has 0 aliphatic carbocycles. The Kier molecular flexibility index (Phi) is 14.6. The Morgan fingerprint density at radius 2 is 1.65 bits per heavy atom. The maximum atomic E-state index is 14.4. The molecule has 4 N–H and O–H groups in total. The van der Waals surface area contributed by atoms with Crippen molar-refractivity contribution in [1.82, 2.24) is 9.80 Å². The van der Waals surface area contributed by atoms with Crippen molar-refractivity contribution in [3.8, 4) is 0 Å². The topological polar surface area (TPSA) is 181 Å². The van der Waals surface area contributed by atoms with Gasteiger partial charge in [0.1, 0.15) is 12.2 Å². The molecule has 15 nitrogen and oxygen atoms in total. The lowest BCUT2D eigenvalue weighted by Crippen LogP contribution is -2.62. The molecule has 0 radical (unpaired) electrons. The average Bonchev–Trinajstić information content (AvgIpc) is 3.40. The number of likely N-dealkylation sites (N-methyl/N-ethyl adjacent to an activating group) is 2. The fourth-order valence-electron chi connectivity index (χ4n) is 9.39. The third-order valence-electron chi connectivity index (χ3n) is 12.8. The van der Waals surface area contributed by atoms with Crippen molar-refractivity contribution in [2.24, 2.45) is 23.5 Å². The Morgan fingerprint density at radius 1 is 1.00 bits per heavy atom. The number of rotatable bonds is 7. The SMILES string of the molecule is CC[C@H]1OC(=O)[C@H](C)[C@@H](O[C@H]2C[C@@](C)(OC)[C@H](N)[C@H](C)O2)[C@H](C)[C@@H](O[C@@H]2O[C@H](C)C[C@H](N(C)C)[C@H]2O)[C@](C)(O)C[C@@H](C)CN(C)[C@@H](C)[C@H]2OC(=O)O[C@@]21C. The molecule has 15 heteroatoms. The Morgan fingerprint density at radius 3 is 2.24 bits per heavy atom. The number of nitrogens with zero attached hydrogens (tertiary/aromatic N) is 2. The Bertz CT molecular complexity index is 1280. The van der Waals surface area contributed by atoms with E-state index in [1.807, 2.05) is 74.5 Å². The second kappa shape index (κ2) is 17.5. The molecule has 0 aromatic carbocycles. The number of hydrogen-bond donors (Lipinski definition) is 3. The zero-order chi connectivity index (χ0) is 40.7. The zero-order valence-electron chi connectivity index (χ0n) is 35.1. The maximum absolute atomic E-state index is 14.4. The van der Waals surface area contributed by atoms with Crippen LogP contribution in [0.3, 0.4) is 0 Å². The van der Waals surface area contributed by atoms with Crippen LogP contribution in [0, 0.1) is 17.8 Å². The van der Waals surface area contributed by atoms with Crippen LogP contribution < -0.4 is 5.73 Å². The van der Waals surface area contributed by atoms with E-state index in [0.29, 0.717) is 19.4 Å². The van der Waals surface area contributed by atoms with Gasteiger partial charge in [-0.3, -0.25) is 9.69 Å². The molecular formula is C39H71N3O12. The highest BCUT2D eigenvalue weighted by molar-refractivity contribution is 5.73. The highest BCUT2D eigenvalue weighted by Crippen LogP contribution is 2.41. The number of esters is 1. The lowest BCUT2D eigenvalue weighted by molar-refractivity contribution is -0.311. The van der Waals surface area contributed by atoms with Crippen molar-refractivity contribution in [2.75, 3.05) is 34.8 Å². The Hall–Kier alpha value is -1.66. The number of fused-ring (bicyclic) bond motifs is 1. The number of methoxy groups -OCH3 is 1. The second-order valence-electron chi connectivity index (χ2n) is 17.6. The molecule has 0 unspecified atom stereocenters. The zero-order valence-corrected chi connectivity index (χ0v) is 35.1. The minimum Gasteiger partial charge on any atom is -0.458 e. The van der Waals surface area contributed by atoms with Crippen LogP contribution in [-0.2, 0) is 42.7 Å². The first-order valence-corrected chi connectivity index (χ1v) is 19.8. The van der Waals surface area contributed by atoms with Gasteiger partial charge in [-0.2, -0.15) is 0 Å². The number of aliphatic hydroxyl groups excluding tert-OH is 1. The summed E-state index contributed by atoms with van der Waals surface area (Å²) in [6, 6.07) is -1.04. The summed E-state index contributed by atoms with van der Waals surface area (Å²) in [7, 11) is 7.32. The van der Waals surface area contributed by atoms with Crippen molar-refractivity contribution in [3.63, 3.8) is 0 Å². The van der Waals surface area contributed by atoms with E-state index < -0.39 is 96.0 Å². The summed E-state index contributed by atoms with van der Waals surface area (Å²) in [5.41, 5.74) is 2.91. The molecule has 0 aromatic heterocycles. The minimum absolute atomic E-state index is 0.103. The third-order valence-corrected chi connectivity index (χ3v) is 12.8. The number of hydrogen-bond acceptors (Lipinski definition) is 15. The molecule has 4 aliphatic rings. The summed E-state index contributed by atoms with van der Waals surface area (Å²) in [6.45, 7) is 19.1. The van der Waals surface area contributed by atoms with Gasteiger partial charge in [-0.25, -0.2) is 4.79 Å². The summed E-state index contributed by atoms with van der Waals surface area (Å²) >= 11 is 0. The lowest BCUT2D eigenvalue weighted by Gasteiger charge is -2.49. The van der Waals surface area contributed by atoms with Crippen LogP contribution >= 0.6 is 0 Å². The summed E-state index contributed by atoms with van der Waals surface area (Å²) in [5.74, 6) is -2.36. The van der Waals surface area contributed by atoms with Crippen LogP contribution in [0.4, 0.5) is 4.79 Å². The molecule has 0 aromatic rings. The molecule has 4 heterocycles. The van der Waals surface area contributed by atoms with E-state index in [0.717, 1.165) is 0 Å². The van der Waals surface area contributed by atoms with Crippen molar-refractivity contribution < 1.29 is 57.7 Å². The predicted octanol–water partition coefficient (Wildman–Crippen LogP) is 3.05. The number of nitrogens with two attached hydrogens (primary N) is 1. The van der Waals surface area contributed by atoms with Gasteiger partial charge in [0.05, 0.1) is 47.6 Å². The molecule has 0 amide bonds. The largest absolute Gasteiger partial charge is 0.509 e. The maximum Gasteiger partial charge on any atom is 0.509 e. The Balaban J connectivity index is 1.83. The number of carbonyl (C=O) groups excluding carboxylic acids is 2. The highest BCUT2D eigenvalue weighted by Gasteiger charge is 2.58. The van der Waals surface area contributed by atoms with E-state index in [1.54, 1.807) is 27.9 Å². The molecule has 0 saturated carbocycles. The Labute approximate surface area is 322 Å². The summed E-state index contributed by atoms with van der Waals surface area (Å²) < 4.78 is 49.9. The molecule has 0 bridgehead atoms. The van der Waals surface area contributed by atoms with Crippen LogP contribution in [0.15, 0.2) is 0 Å². The summed E-state index contributed by atoms with van der Waals surface area (Å²) in [6.07, 6.45) is -6.59. The van der Waals surface area contributed by atoms with Crippen LogP contribution in [0.2, 0.25) is 0 Å². The highest BCUT2D eigenvalue weighted by atomic mass is 16.8. The predicted molar refractivity (Wildman–Crippen MR) is 199 cm³/mol. The molecular weight excluding hydrogens is 702 g/mol. The van der Waals surface area contributed by atoms with Crippen LogP contribution in [0.1, 0.15) is 94.9 Å². The minimum atomic E-state index is -1.53. The molecule has 4 saturated heterocycles. The van der Waals surface area contributed by atoms with Crippen molar-refractivity contribution in [1.29, 1.82) is 0 Å². The summed E-state index contributed by atoms with van der Waals surface area (Å²) in [5, 5.41) is 24.2. The first-order chi connectivity index (χ1) is 25.0. The van der Waals surface area contributed by atoms with E-state index in [9.17, 15) is 19.8 Å². The van der Waals surface area contributed by atoms with Crippen LogP contribution in [-0.4, -0.2) is 157 Å². The van der Waals surface area contributed by atoms with Gasteiger partial charge in [0.2, 0.25) is 0 Å². The van der Waals surface area contributed by atoms with Crippen LogP contribution in [0.5, 0.6) is 0 Å². The van der Waals surface area contributed by atoms with Crippen molar-refractivity contribution >= 4 is 12.1 Å². The van der Waals surface area contributed by atoms with Gasteiger partial charge in [0.15, 0.2) is 24.3 Å². The number of aliphatic hydroxyl groups is 2. The molecule has 18 atom stereocenters. The first kappa shape index (κ1) is 45.0. The monoisotopic (exact) mass is 774 g/mol. The molecule has 4 fully saturated rings. The molecule has 0 spiro atoms. The smallest absolute Gasteiger partial charge is 0.458 e. The molecule has 4 rings (SSSR count). The van der Waals surface area contributed by atoms with E-state index in [4.69, 9.17) is 43.6 Å². The summed E-state index contributed by atoms with van der Waals surface area (Å²) in [4.78, 5) is 31.2. The van der Waals surface area contributed by atoms with Gasteiger partial charge in [-0.15, -0.1) is 0 Å². The van der Waals surface area contributed by atoms with Crippen LogP contribution in [0.25, 0.3) is 0 Å². The van der Waals surface area contributed by atoms with E-state index in [-0.39, 0.29) is 36.9 Å². The first-order valence-electron chi connectivity index (χ1n) is 19.8. The number of carbonyl (C=O) groups is 2. The van der Waals surface area contributed by atoms with E-state index in [1.165, 1.54) is 0 Å². The standard InChI is InChI=1S/C39H71N3O12/c1-15-27-39(10)33(53-36(45)54-39)24(6)42(13)19-20(2)17-37(8,46)32(52-35-29(43)26(41(11)12)16-21(3)48-35)22(4)30(23(5)34(44)50-27)51-28-18-38(9,47-14)31(40)25(7)49-28/h20-33,35,43,46H,15-19,40H2,1-14H3/t20-,21-,22+,23-,24+,25+,26+,27-,28+,29-,30+,31-,32-,33-,35+,37-,38-,39-/m1/s1. The van der Waals surface area contributed by atoms with Gasteiger partial charge in [0, 0.05) is 38.1 Å². The average molecular weight is 774 g/mol. The van der Waals surface area contributed by atoms with Crippen molar-refractivity contribution in [2.45, 2.75) is 185 Å². The van der Waals surface area contributed by atoms with Gasteiger partial charge < -0.3 is 58.7 Å². The van der Waals surface area contributed by atoms with Gasteiger partial charge in [-0.1, -0.05) is 20.8 Å². The van der Waals surface area contributed by atoms with Crippen molar-refractivity contribution in [3.05, 3.63) is 0 Å². The molecule has 54 heavy (non-hydrogen) atoms.